The maximum Gasteiger partial charge on any atom is 0.160 e. The first-order valence-corrected chi connectivity index (χ1v) is 5.47. The number of carbonyl (C=O) groups is 1. The van der Waals surface area contributed by atoms with Crippen LogP contribution < -0.4 is 4.74 Å². The minimum absolute atomic E-state index is 0.0391. The molecule has 0 saturated heterocycles. The summed E-state index contributed by atoms with van der Waals surface area (Å²) in [6.07, 6.45) is 0.457. The average molecular weight is 273 g/mol. The molecule has 0 saturated carbocycles. The fraction of sp³-hybridized carbons (Fsp3) is 0.364. The Morgan fingerprint density at radius 3 is 2.80 bits per heavy atom. The third-order valence-electron chi connectivity index (χ3n) is 2.14. The number of hydrogen-bond acceptors (Lipinski definition) is 3. The van der Waals surface area contributed by atoms with Gasteiger partial charge in [-0.15, -0.1) is 0 Å². The maximum absolute atomic E-state index is 11.1. The number of para-hydroxylation sites is 1. The summed E-state index contributed by atoms with van der Waals surface area (Å²) < 4.78 is 4.98. The molecule has 1 unspecified atom stereocenters. The van der Waals surface area contributed by atoms with E-state index in [1.807, 2.05) is 0 Å². The highest BCUT2D eigenvalue weighted by Crippen LogP contribution is 2.30. The predicted molar refractivity (Wildman–Crippen MR) is 61.8 cm³/mol. The lowest BCUT2D eigenvalue weighted by atomic mass is 10.1. The molecule has 0 heterocycles. The first kappa shape index (κ1) is 12.0. The van der Waals surface area contributed by atoms with E-state index in [0.717, 1.165) is 0 Å². The van der Waals surface area contributed by atoms with Gasteiger partial charge < -0.3 is 9.84 Å². The zero-order chi connectivity index (χ0) is 11.4. The molecule has 3 nitrogen and oxygen atoms in total. The third-order valence-corrected chi connectivity index (χ3v) is 3.11. The molecule has 0 aliphatic rings. The lowest BCUT2D eigenvalue weighted by Crippen LogP contribution is -2.12. The predicted octanol–water partition coefficient (Wildman–Crippen LogP) is 2.30. The van der Waals surface area contributed by atoms with E-state index in [0.29, 0.717) is 17.7 Å². The van der Waals surface area contributed by atoms with Crippen molar-refractivity contribution in [3.63, 3.8) is 0 Å². The van der Waals surface area contributed by atoms with Crippen LogP contribution in [0.15, 0.2) is 18.2 Å². The van der Waals surface area contributed by atoms with Crippen molar-refractivity contribution in [1.29, 1.82) is 0 Å². The third kappa shape index (κ3) is 2.96. The number of methoxy groups -OCH3 is 1. The van der Waals surface area contributed by atoms with Crippen LogP contribution in [-0.2, 0) is 11.2 Å². The number of carbonyl (C=O) groups excluding carboxylic acids is 1. The van der Waals surface area contributed by atoms with E-state index in [1.165, 1.54) is 14.0 Å². The van der Waals surface area contributed by atoms with Gasteiger partial charge in [0.05, 0.1) is 11.9 Å². The molecule has 0 aliphatic carbocycles. The number of Topliss-reactive ketones (excluding diaryl/α,β-unsaturated/α-hetero) is 1. The van der Waals surface area contributed by atoms with Gasteiger partial charge in [0.2, 0.25) is 0 Å². The monoisotopic (exact) mass is 272 g/mol. The van der Waals surface area contributed by atoms with Crippen LogP contribution in [0.1, 0.15) is 12.5 Å². The lowest BCUT2D eigenvalue weighted by Gasteiger charge is -2.10. The molecule has 0 radical (unpaired) electrons. The fourth-order valence-electron chi connectivity index (χ4n) is 1.23. The van der Waals surface area contributed by atoms with Gasteiger partial charge in [0, 0.05) is 0 Å². The van der Waals surface area contributed by atoms with Crippen molar-refractivity contribution >= 4 is 21.7 Å². The van der Waals surface area contributed by atoms with E-state index in [-0.39, 0.29) is 16.4 Å². The summed E-state index contributed by atoms with van der Waals surface area (Å²) in [7, 11) is 1.50. The molecule has 1 aromatic rings. The van der Waals surface area contributed by atoms with Crippen LogP contribution in [-0.4, -0.2) is 22.8 Å². The number of ketones is 1. The van der Waals surface area contributed by atoms with Crippen LogP contribution >= 0.6 is 15.9 Å². The van der Waals surface area contributed by atoms with Gasteiger partial charge in [0.15, 0.2) is 11.5 Å². The van der Waals surface area contributed by atoms with Gasteiger partial charge in [-0.2, -0.15) is 0 Å². The SMILES string of the molecule is COc1cccc(CC(Br)C(C)=O)c1O. The Hall–Kier alpha value is -1.03. The fourth-order valence-corrected chi connectivity index (χ4v) is 1.58. The molecule has 1 rings (SSSR count). The second kappa shape index (κ2) is 5.16. The standard InChI is InChI=1S/C11H13BrO3/c1-7(13)9(12)6-8-4-3-5-10(15-2)11(8)14/h3-5,9,14H,6H2,1-2H3. The Kier molecular flexibility index (Phi) is 4.15. The van der Waals surface area contributed by atoms with E-state index in [2.05, 4.69) is 15.9 Å². The summed E-state index contributed by atoms with van der Waals surface area (Å²) in [6.45, 7) is 1.51. The van der Waals surface area contributed by atoms with Crippen LogP contribution in [0.3, 0.4) is 0 Å². The molecule has 1 aromatic carbocycles. The van der Waals surface area contributed by atoms with Gasteiger partial charge in [-0.05, 0) is 25.0 Å². The van der Waals surface area contributed by atoms with Crippen LogP contribution in [0.5, 0.6) is 11.5 Å². The molecule has 15 heavy (non-hydrogen) atoms. The Morgan fingerprint density at radius 2 is 2.27 bits per heavy atom. The molecule has 0 amide bonds. The molecule has 0 aliphatic heterocycles. The summed E-state index contributed by atoms with van der Waals surface area (Å²) in [6, 6.07) is 5.23. The summed E-state index contributed by atoms with van der Waals surface area (Å²) >= 11 is 3.26. The molecule has 0 aromatic heterocycles. The number of phenolic OH excluding ortho intramolecular Hbond substituents is 1. The van der Waals surface area contributed by atoms with Gasteiger partial charge in [0.25, 0.3) is 0 Å². The van der Waals surface area contributed by atoms with Crippen LogP contribution in [0.25, 0.3) is 0 Å². The Morgan fingerprint density at radius 1 is 1.60 bits per heavy atom. The van der Waals surface area contributed by atoms with Crippen LogP contribution in [0.2, 0.25) is 0 Å². The van der Waals surface area contributed by atoms with Crippen LogP contribution in [0.4, 0.5) is 0 Å². The smallest absolute Gasteiger partial charge is 0.160 e. The molecule has 1 atom stereocenters. The molecular formula is C11H13BrO3. The number of aromatic hydroxyl groups is 1. The van der Waals surface area contributed by atoms with Crippen molar-refractivity contribution < 1.29 is 14.6 Å². The number of hydrogen-bond donors (Lipinski definition) is 1. The quantitative estimate of drug-likeness (QED) is 0.856. The summed E-state index contributed by atoms with van der Waals surface area (Å²) in [4.78, 5) is 10.8. The van der Waals surface area contributed by atoms with Crippen molar-refractivity contribution in [3.8, 4) is 11.5 Å². The number of halogens is 1. The highest BCUT2D eigenvalue weighted by Gasteiger charge is 2.14. The zero-order valence-corrected chi connectivity index (χ0v) is 10.2. The van der Waals surface area contributed by atoms with Crippen molar-refractivity contribution in [2.24, 2.45) is 0 Å². The van der Waals surface area contributed by atoms with Gasteiger partial charge >= 0.3 is 0 Å². The molecule has 82 valence electrons. The zero-order valence-electron chi connectivity index (χ0n) is 8.66. The second-order valence-electron chi connectivity index (χ2n) is 3.25. The number of phenols is 1. The molecule has 0 bridgehead atoms. The Labute approximate surface area is 97.2 Å². The summed E-state index contributed by atoms with van der Waals surface area (Å²) in [5, 5.41) is 9.76. The van der Waals surface area contributed by atoms with Gasteiger partial charge in [-0.1, -0.05) is 28.1 Å². The van der Waals surface area contributed by atoms with Gasteiger partial charge in [-0.3, -0.25) is 4.79 Å². The van der Waals surface area contributed by atoms with Crippen LogP contribution in [0, 0.1) is 0 Å². The second-order valence-corrected chi connectivity index (χ2v) is 4.36. The topological polar surface area (TPSA) is 46.5 Å². The van der Waals surface area contributed by atoms with Crippen molar-refractivity contribution in [1.82, 2.24) is 0 Å². The van der Waals surface area contributed by atoms with E-state index in [1.54, 1.807) is 18.2 Å². The first-order chi connectivity index (χ1) is 7.06. The molecule has 0 spiro atoms. The van der Waals surface area contributed by atoms with Crippen molar-refractivity contribution in [2.75, 3.05) is 7.11 Å². The van der Waals surface area contributed by atoms with Crippen molar-refractivity contribution in [2.45, 2.75) is 18.2 Å². The molecular weight excluding hydrogens is 260 g/mol. The molecule has 0 fully saturated rings. The maximum atomic E-state index is 11.1. The highest BCUT2D eigenvalue weighted by atomic mass is 79.9. The average Bonchev–Trinajstić information content (AvgIpc) is 2.21. The van der Waals surface area contributed by atoms with E-state index in [4.69, 9.17) is 4.74 Å². The highest BCUT2D eigenvalue weighted by molar-refractivity contribution is 9.10. The number of ether oxygens (including phenoxy) is 1. The normalized spacial score (nSPS) is 12.2. The first-order valence-electron chi connectivity index (χ1n) is 4.55. The summed E-state index contributed by atoms with van der Waals surface area (Å²) in [5.41, 5.74) is 0.700. The van der Waals surface area contributed by atoms with Crippen molar-refractivity contribution in [3.05, 3.63) is 23.8 Å². The minimum atomic E-state index is -0.268. The minimum Gasteiger partial charge on any atom is -0.504 e. The van der Waals surface area contributed by atoms with E-state index >= 15 is 0 Å². The summed E-state index contributed by atoms with van der Waals surface area (Å²) in [5.74, 6) is 0.568. The van der Waals surface area contributed by atoms with E-state index in [9.17, 15) is 9.90 Å². The number of benzene rings is 1. The van der Waals surface area contributed by atoms with Gasteiger partial charge in [-0.25, -0.2) is 0 Å². The molecule has 1 N–H and O–H groups in total. The number of alkyl halides is 1. The lowest BCUT2D eigenvalue weighted by molar-refractivity contribution is -0.116. The number of rotatable bonds is 4. The molecule has 4 heteroatoms. The largest absolute Gasteiger partial charge is 0.504 e. The van der Waals surface area contributed by atoms with Gasteiger partial charge in [0.1, 0.15) is 5.78 Å². The van der Waals surface area contributed by atoms with E-state index < -0.39 is 0 Å². The Bertz CT molecular complexity index is 363. The Balaban J connectivity index is 2.90.